The van der Waals surface area contributed by atoms with E-state index in [1.807, 2.05) is 6.92 Å². The Kier molecular flexibility index (Phi) is 6.83. The SMILES string of the molecule is CCCNC(=O)c1cccc(NC(=O)C(C)Oc2ccc(Cl)cc2)c1. The highest BCUT2D eigenvalue weighted by atomic mass is 35.5. The Morgan fingerprint density at radius 2 is 1.88 bits per heavy atom. The van der Waals surface area contributed by atoms with Gasteiger partial charge in [0, 0.05) is 22.8 Å². The maximum atomic E-state index is 12.3. The van der Waals surface area contributed by atoms with Gasteiger partial charge in [-0.25, -0.2) is 0 Å². The van der Waals surface area contributed by atoms with Crippen LogP contribution in [0.3, 0.4) is 0 Å². The van der Waals surface area contributed by atoms with Crippen molar-refractivity contribution in [1.29, 1.82) is 0 Å². The first-order valence-electron chi connectivity index (χ1n) is 8.11. The summed E-state index contributed by atoms with van der Waals surface area (Å²) in [5, 5.41) is 6.16. The van der Waals surface area contributed by atoms with Gasteiger partial charge in [-0.3, -0.25) is 9.59 Å². The molecule has 2 N–H and O–H groups in total. The summed E-state index contributed by atoms with van der Waals surface area (Å²) in [5.74, 6) is 0.0872. The van der Waals surface area contributed by atoms with Crippen LogP contribution in [0.15, 0.2) is 48.5 Å². The predicted molar refractivity (Wildman–Crippen MR) is 99.2 cm³/mol. The van der Waals surface area contributed by atoms with Crippen LogP contribution < -0.4 is 15.4 Å². The number of amides is 2. The van der Waals surface area contributed by atoms with E-state index in [9.17, 15) is 9.59 Å². The van der Waals surface area contributed by atoms with Gasteiger partial charge in [0.1, 0.15) is 5.75 Å². The molecule has 1 atom stereocenters. The molecule has 0 aliphatic heterocycles. The van der Waals surface area contributed by atoms with E-state index in [1.54, 1.807) is 55.5 Å². The van der Waals surface area contributed by atoms with Gasteiger partial charge < -0.3 is 15.4 Å². The summed E-state index contributed by atoms with van der Waals surface area (Å²) in [6.07, 6.45) is 0.167. The van der Waals surface area contributed by atoms with E-state index in [0.717, 1.165) is 6.42 Å². The predicted octanol–water partition coefficient (Wildman–Crippen LogP) is 3.89. The van der Waals surface area contributed by atoms with Crippen LogP contribution in [0.1, 0.15) is 30.6 Å². The van der Waals surface area contributed by atoms with E-state index in [-0.39, 0.29) is 11.8 Å². The van der Waals surface area contributed by atoms with Crippen molar-refractivity contribution in [2.75, 3.05) is 11.9 Å². The van der Waals surface area contributed by atoms with Crippen molar-refractivity contribution < 1.29 is 14.3 Å². The molecule has 0 bridgehead atoms. The van der Waals surface area contributed by atoms with Crippen LogP contribution in [0.4, 0.5) is 5.69 Å². The van der Waals surface area contributed by atoms with Crippen LogP contribution in [0.5, 0.6) is 5.75 Å². The van der Waals surface area contributed by atoms with Gasteiger partial charge in [-0.05, 0) is 55.8 Å². The molecule has 5 nitrogen and oxygen atoms in total. The van der Waals surface area contributed by atoms with Gasteiger partial charge in [0.25, 0.3) is 11.8 Å². The van der Waals surface area contributed by atoms with Crippen molar-refractivity contribution in [3.8, 4) is 5.75 Å². The van der Waals surface area contributed by atoms with Crippen LogP contribution in [0.2, 0.25) is 5.02 Å². The molecule has 1 unspecified atom stereocenters. The third-order valence-corrected chi connectivity index (χ3v) is 3.68. The maximum Gasteiger partial charge on any atom is 0.265 e. The Morgan fingerprint density at radius 1 is 1.16 bits per heavy atom. The summed E-state index contributed by atoms with van der Waals surface area (Å²) in [6, 6.07) is 13.6. The topological polar surface area (TPSA) is 67.4 Å². The Labute approximate surface area is 152 Å². The summed E-state index contributed by atoms with van der Waals surface area (Å²) in [7, 11) is 0. The minimum atomic E-state index is -0.696. The monoisotopic (exact) mass is 360 g/mol. The number of hydrogen-bond donors (Lipinski definition) is 2. The number of halogens is 1. The van der Waals surface area contributed by atoms with Crippen molar-refractivity contribution in [1.82, 2.24) is 5.32 Å². The number of benzene rings is 2. The van der Waals surface area contributed by atoms with Crippen molar-refractivity contribution >= 4 is 29.1 Å². The largest absolute Gasteiger partial charge is 0.481 e. The molecule has 0 aliphatic carbocycles. The number of nitrogens with one attached hydrogen (secondary N) is 2. The van der Waals surface area contributed by atoms with Crippen LogP contribution in [0.25, 0.3) is 0 Å². The van der Waals surface area contributed by atoms with Gasteiger partial charge in [0.05, 0.1) is 0 Å². The van der Waals surface area contributed by atoms with Crippen LogP contribution in [-0.4, -0.2) is 24.5 Å². The van der Waals surface area contributed by atoms with Crippen molar-refractivity contribution in [2.24, 2.45) is 0 Å². The highest BCUT2D eigenvalue weighted by Crippen LogP contribution is 2.17. The zero-order valence-corrected chi connectivity index (χ0v) is 15.0. The molecule has 0 saturated carbocycles. The van der Waals surface area contributed by atoms with E-state index in [0.29, 0.717) is 28.6 Å². The summed E-state index contributed by atoms with van der Waals surface area (Å²) in [5.41, 5.74) is 1.04. The standard InChI is InChI=1S/C19H21ClN2O3/c1-3-11-21-19(24)14-5-4-6-16(12-14)22-18(23)13(2)25-17-9-7-15(20)8-10-17/h4-10,12-13H,3,11H2,1-2H3,(H,21,24)(H,22,23). The zero-order valence-electron chi connectivity index (χ0n) is 14.2. The fraction of sp³-hybridized carbons (Fsp3) is 0.263. The molecule has 0 radical (unpaired) electrons. The van der Waals surface area contributed by atoms with Gasteiger partial charge in [-0.15, -0.1) is 0 Å². The number of rotatable bonds is 7. The highest BCUT2D eigenvalue weighted by molar-refractivity contribution is 6.30. The quantitative estimate of drug-likeness (QED) is 0.787. The summed E-state index contributed by atoms with van der Waals surface area (Å²) >= 11 is 5.82. The minimum Gasteiger partial charge on any atom is -0.481 e. The molecule has 132 valence electrons. The lowest BCUT2D eigenvalue weighted by molar-refractivity contribution is -0.122. The fourth-order valence-corrected chi connectivity index (χ4v) is 2.22. The number of ether oxygens (including phenoxy) is 1. The smallest absolute Gasteiger partial charge is 0.265 e. The molecular weight excluding hydrogens is 340 g/mol. The molecule has 25 heavy (non-hydrogen) atoms. The fourth-order valence-electron chi connectivity index (χ4n) is 2.09. The van der Waals surface area contributed by atoms with Gasteiger partial charge in [0.15, 0.2) is 6.10 Å². The van der Waals surface area contributed by atoms with E-state index in [4.69, 9.17) is 16.3 Å². The average Bonchev–Trinajstić information content (AvgIpc) is 2.61. The van der Waals surface area contributed by atoms with Crippen molar-refractivity contribution in [2.45, 2.75) is 26.4 Å². The van der Waals surface area contributed by atoms with Crippen molar-refractivity contribution in [3.63, 3.8) is 0 Å². The molecule has 2 rings (SSSR count). The number of carbonyl (C=O) groups is 2. The lowest BCUT2D eigenvalue weighted by atomic mass is 10.2. The lowest BCUT2D eigenvalue weighted by Crippen LogP contribution is -2.30. The minimum absolute atomic E-state index is 0.164. The number of hydrogen-bond acceptors (Lipinski definition) is 3. The second-order valence-electron chi connectivity index (χ2n) is 5.54. The third kappa shape index (κ3) is 5.80. The Hall–Kier alpha value is -2.53. The molecule has 2 amide bonds. The van der Waals surface area contributed by atoms with E-state index < -0.39 is 6.10 Å². The summed E-state index contributed by atoms with van der Waals surface area (Å²) in [6.45, 7) is 4.25. The average molecular weight is 361 g/mol. The normalized spacial score (nSPS) is 11.5. The van der Waals surface area contributed by atoms with Crippen LogP contribution in [0, 0.1) is 0 Å². The first kappa shape index (κ1) is 18.8. The molecule has 0 spiro atoms. The molecular formula is C19H21ClN2O3. The van der Waals surface area contributed by atoms with Crippen LogP contribution >= 0.6 is 11.6 Å². The number of anilines is 1. The lowest BCUT2D eigenvalue weighted by Gasteiger charge is -2.15. The molecule has 2 aromatic carbocycles. The highest BCUT2D eigenvalue weighted by Gasteiger charge is 2.15. The molecule has 0 aromatic heterocycles. The number of carbonyl (C=O) groups excluding carboxylic acids is 2. The molecule has 0 saturated heterocycles. The first-order chi connectivity index (χ1) is 12.0. The molecule has 6 heteroatoms. The summed E-state index contributed by atoms with van der Waals surface area (Å²) in [4.78, 5) is 24.3. The Balaban J connectivity index is 1.97. The first-order valence-corrected chi connectivity index (χ1v) is 8.48. The summed E-state index contributed by atoms with van der Waals surface area (Å²) < 4.78 is 5.58. The molecule has 0 heterocycles. The zero-order chi connectivity index (χ0) is 18.2. The van der Waals surface area contributed by atoms with E-state index >= 15 is 0 Å². The maximum absolute atomic E-state index is 12.3. The second-order valence-corrected chi connectivity index (χ2v) is 5.98. The molecule has 0 aliphatic rings. The van der Waals surface area contributed by atoms with Gasteiger partial charge in [0.2, 0.25) is 0 Å². The van der Waals surface area contributed by atoms with Crippen molar-refractivity contribution in [3.05, 3.63) is 59.1 Å². The van der Waals surface area contributed by atoms with Gasteiger partial charge in [-0.2, -0.15) is 0 Å². The van der Waals surface area contributed by atoms with Crippen LogP contribution in [-0.2, 0) is 4.79 Å². The van der Waals surface area contributed by atoms with E-state index in [2.05, 4.69) is 10.6 Å². The molecule has 2 aromatic rings. The second kappa shape index (κ2) is 9.08. The molecule has 0 fully saturated rings. The van der Waals surface area contributed by atoms with Gasteiger partial charge >= 0.3 is 0 Å². The van der Waals surface area contributed by atoms with Gasteiger partial charge in [-0.1, -0.05) is 24.6 Å². The third-order valence-electron chi connectivity index (χ3n) is 3.42. The Morgan fingerprint density at radius 3 is 2.56 bits per heavy atom. The Bertz CT molecular complexity index is 732. The van der Waals surface area contributed by atoms with E-state index in [1.165, 1.54) is 0 Å².